The molecule has 0 bridgehead atoms. The molecule has 0 aliphatic rings. The van der Waals surface area contributed by atoms with Crippen LogP contribution in [0.15, 0.2) is 41.8 Å². The van der Waals surface area contributed by atoms with E-state index in [-0.39, 0.29) is 18.3 Å². The van der Waals surface area contributed by atoms with Gasteiger partial charge in [-0.2, -0.15) is 0 Å². The molecule has 1 aromatic carbocycles. The van der Waals surface area contributed by atoms with Crippen molar-refractivity contribution in [3.05, 3.63) is 52.5 Å². The average Bonchev–Trinajstić information content (AvgIpc) is 3.00. The Labute approximate surface area is 126 Å². The summed E-state index contributed by atoms with van der Waals surface area (Å²) in [5.41, 5.74) is 0. The van der Waals surface area contributed by atoms with E-state index in [1.165, 1.54) is 23.5 Å². The van der Waals surface area contributed by atoms with Crippen molar-refractivity contribution < 1.29 is 19.0 Å². The van der Waals surface area contributed by atoms with Gasteiger partial charge in [0.05, 0.1) is 6.10 Å². The number of amides is 1. The lowest BCUT2D eigenvalue weighted by atomic mass is 10.2. The molecular formula is C15H16FNO3S. The maximum absolute atomic E-state index is 13.3. The zero-order valence-electron chi connectivity index (χ0n) is 11.3. The molecule has 0 saturated heterocycles. The number of hydrogen-bond donors (Lipinski definition) is 2. The highest BCUT2D eigenvalue weighted by Crippen LogP contribution is 2.20. The summed E-state index contributed by atoms with van der Waals surface area (Å²) in [6.07, 6.45) is -0.163. The van der Waals surface area contributed by atoms with E-state index in [1.807, 2.05) is 17.5 Å². The van der Waals surface area contributed by atoms with Crippen LogP contribution in [0.1, 0.15) is 17.4 Å². The Morgan fingerprint density at radius 2 is 2.14 bits per heavy atom. The van der Waals surface area contributed by atoms with E-state index in [0.29, 0.717) is 13.0 Å². The Morgan fingerprint density at radius 3 is 2.86 bits per heavy atom. The monoisotopic (exact) mass is 309 g/mol. The summed E-state index contributed by atoms with van der Waals surface area (Å²) < 4.78 is 18.3. The van der Waals surface area contributed by atoms with Crippen LogP contribution in [0.2, 0.25) is 0 Å². The molecule has 1 atom stereocenters. The van der Waals surface area contributed by atoms with Crippen molar-refractivity contribution in [2.75, 3.05) is 13.2 Å². The zero-order chi connectivity index (χ0) is 15.1. The molecule has 2 N–H and O–H groups in total. The van der Waals surface area contributed by atoms with Crippen LogP contribution in [0.25, 0.3) is 0 Å². The van der Waals surface area contributed by atoms with Crippen molar-refractivity contribution in [3.63, 3.8) is 0 Å². The van der Waals surface area contributed by atoms with Crippen LogP contribution >= 0.6 is 11.3 Å². The molecule has 2 aromatic rings. The summed E-state index contributed by atoms with van der Waals surface area (Å²) in [6.45, 7) is 0.0779. The first-order valence-electron chi connectivity index (χ1n) is 6.52. The topological polar surface area (TPSA) is 58.6 Å². The minimum absolute atomic E-state index is 0.0475. The van der Waals surface area contributed by atoms with Gasteiger partial charge in [0.25, 0.3) is 5.91 Å². The van der Waals surface area contributed by atoms with Gasteiger partial charge in [0.15, 0.2) is 18.2 Å². The second kappa shape index (κ2) is 7.75. The molecule has 1 amide bonds. The Morgan fingerprint density at radius 1 is 1.33 bits per heavy atom. The van der Waals surface area contributed by atoms with E-state index in [0.717, 1.165) is 4.88 Å². The average molecular weight is 309 g/mol. The number of carbonyl (C=O) groups is 1. The number of aliphatic hydroxyl groups excluding tert-OH is 1. The number of benzene rings is 1. The fourth-order valence-corrected chi connectivity index (χ4v) is 2.47. The number of para-hydroxylation sites is 1. The van der Waals surface area contributed by atoms with E-state index < -0.39 is 11.9 Å². The molecule has 21 heavy (non-hydrogen) atoms. The lowest BCUT2D eigenvalue weighted by Gasteiger charge is -2.10. The molecule has 0 saturated carbocycles. The summed E-state index contributed by atoms with van der Waals surface area (Å²) >= 11 is 1.47. The third-order valence-corrected chi connectivity index (χ3v) is 3.78. The zero-order valence-corrected chi connectivity index (χ0v) is 12.1. The molecule has 2 rings (SSSR count). The molecule has 6 heteroatoms. The molecule has 0 aliphatic heterocycles. The molecule has 0 aliphatic carbocycles. The number of nitrogens with one attached hydrogen (secondary N) is 1. The number of halogens is 1. The Balaban J connectivity index is 1.67. The molecule has 112 valence electrons. The van der Waals surface area contributed by atoms with Gasteiger partial charge < -0.3 is 15.2 Å². The highest BCUT2D eigenvalue weighted by Gasteiger charge is 2.10. The SMILES string of the molecule is O=C(COc1ccccc1F)NCC[C@H](O)c1cccs1. The summed E-state index contributed by atoms with van der Waals surface area (Å²) in [6, 6.07) is 9.62. The van der Waals surface area contributed by atoms with E-state index in [1.54, 1.807) is 12.1 Å². The summed E-state index contributed by atoms with van der Waals surface area (Å²) in [5, 5.41) is 14.4. The van der Waals surface area contributed by atoms with Gasteiger partial charge in [-0.1, -0.05) is 18.2 Å². The van der Waals surface area contributed by atoms with E-state index in [9.17, 15) is 14.3 Å². The van der Waals surface area contributed by atoms with Crippen LogP contribution in [-0.4, -0.2) is 24.2 Å². The Hall–Kier alpha value is -1.92. The predicted octanol–water partition coefficient (Wildman–Crippen LogP) is 2.51. The van der Waals surface area contributed by atoms with Gasteiger partial charge in [-0.15, -0.1) is 11.3 Å². The van der Waals surface area contributed by atoms with Crippen LogP contribution < -0.4 is 10.1 Å². The largest absolute Gasteiger partial charge is 0.481 e. The van der Waals surface area contributed by atoms with Crippen molar-refractivity contribution in [2.24, 2.45) is 0 Å². The van der Waals surface area contributed by atoms with Crippen molar-refractivity contribution in [1.29, 1.82) is 0 Å². The normalized spacial score (nSPS) is 11.9. The molecule has 0 fully saturated rings. The highest BCUT2D eigenvalue weighted by atomic mass is 32.1. The van der Waals surface area contributed by atoms with E-state index in [2.05, 4.69) is 5.32 Å². The van der Waals surface area contributed by atoms with E-state index in [4.69, 9.17) is 4.74 Å². The lowest BCUT2D eigenvalue weighted by molar-refractivity contribution is -0.123. The molecule has 0 spiro atoms. The number of hydrogen-bond acceptors (Lipinski definition) is 4. The number of carbonyl (C=O) groups excluding carboxylic acids is 1. The molecule has 1 heterocycles. The van der Waals surface area contributed by atoms with E-state index >= 15 is 0 Å². The summed E-state index contributed by atoms with van der Waals surface area (Å²) in [5.74, 6) is -0.804. The lowest BCUT2D eigenvalue weighted by Crippen LogP contribution is -2.30. The molecule has 1 aromatic heterocycles. The van der Waals surface area contributed by atoms with Gasteiger partial charge in [0, 0.05) is 11.4 Å². The quantitative estimate of drug-likeness (QED) is 0.826. The smallest absolute Gasteiger partial charge is 0.257 e. The number of aliphatic hydroxyl groups is 1. The van der Waals surface area contributed by atoms with Gasteiger partial charge >= 0.3 is 0 Å². The van der Waals surface area contributed by atoms with Gasteiger partial charge in [-0.25, -0.2) is 4.39 Å². The van der Waals surface area contributed by atoms with Crippen LogP contribution in [0, 0.1) is 5.82 Å². The summed E-state index contributed by atoms with van der Waals surface area (Å²) in [4.78, 5) is 12.4. The highest BCUT2D eigenvalue weighted by molar-refractivity contribution is 7.10. The third kappa shape index (κ3) is 4.84. The maximum Gasteiger partial charge on any atom is 0.257 e. The number of ether oxygens (including phenoxy) is 1. The molecule has 0 unspecified atom stereocenters. The van der Waals surface area contributed by atoms with Gasteiger partial charge in [-0.3, -0.25) is 4.79 Å². The van der Waals surface area contributed by atoms with Gasteiger partial charge in [0.1, 0.15) is 0 Å². The summed E-state index contributed by atoms with van der Waals surface area (Å²) in [7, 11) is 0. The first kappa shape index (κ1) is 15.5. The van der Waals surface area contributed by atoms with Crippen molar-refractivity contribution in [3.8, 4) is 5.75 Å². The van der Waals surface area contributed by atoms with Gasteiger partial charge in [-0.05, 0) is 30.0 Å². The van der Waals surface area contributed by atoms with Gasteiger partial charge in [0.2, 0.25) is 0 Å². The second-order valence-electron chi connectivity index (χ2n) is 4.39. The first-order chi connectivity index (χ1) is 10.2. The van der Waals surface area contributed by atoms with Crippen LogP contribution in [0.5, 0.6) is 5.75 Å². The third-order valence-electron chi connectivity index (χ3n) is 2.81. The predicted molar refractivity (Wildman–Crippen MR) is 78.8 cm³/mol. The van der Waals surface area contributed by atoms with Crippen LogP contribution in [0.3, 0.4) is 0 Å². The minimum Gasteiger partial charge on any atom is -0.481 e. The maximum atomic E-state index is 13.3. The molecule has 0 radical (unpaired) electrons. The molecule has 4 nitrogen and oxygen atoms in total. The fraction of sp³-hybridized carbons (Fsp3) is 0.267. The Kier molecular flexibility index (Phi) is 5.71. The van der Waals surface area contributed by atoms with Crippen LogP contribution in [0.4, 0.5) is 4.39 Å². The van der Waals surface area contributed by atoms with Crippen LogP contribution in [-0.2, 0) is 4.79 Å². The standard InChI is InChI=1S/C15H16FNO3S/c16-11-4-1-2-5-13(11)20-10-15(19)17-8-7-12(18)14-6-3-9-21-14/h1-6,9,12,18H,7-8,10H2,(H,17,19)/t12-/m0/s1. The van der Waals surface area contributed by atoms with Crippen molar-refractivity contribution >= 4 is 17.2 Å². The van der Waals surface area contributed by atoms with Crippen molar-refractivity contribution in [2.45, 2.75) is 12.5 Å². The number of thiophene rings is 1. The minimum atomic E-state index is -0.585. The van der Waals surface area contributed by atoms with Crippen molar-refractivity contribution in [1.82, 2.24) is 5.32 Å². The number of rotatable bonds is 7. The second-order valence-corrected chi connectivity index (χ2v) is 5.37. The fourth-order valence-electron chi connectivity index (χ4n) is 1.73. The first-order valence-corrected chi connectivity index (χ1v) is 7.40. The Bertz CT molecular complexity index is 574. The molecular weight excluding hydrogens is 293 g/mol.